The molecule has 116 valence electrons. The third kappa shape index (κ3) is 3.53. The van der Waals surface area contributed by atoms with Crippen LogP contribution in [0.2, 0.25) is 0 Å². The van der Waals surface area contributed by atoms with Gasteiger partial charge in [-0.25, -0.2) is 12.7 Å². The third-order valence-corrected chi connectivity index (χ3v) is 7.17. The Kier molecular flexibility index (Phi) is 4.65. The lowest BCUT2D eigenvalue weighted by Crippen LogP contribution is -2.40. The summed E-state index contributed by atoms with van der Waals surface area (Å²) in [5.41, 5.74) is 0. The highest BCUT2D eigenvalue weighted by atomic mass is 32.2. The number of rotatable bonds is 4. The maximum Gasteiger partial charge on any atom is 0.217 e. The molecule has 0 aromatic carbocycles. The van der Waals surface area contributed by atoms with Crippen LogP contribution in [0.1, 0.15) is 32.1 Å². The van der Waals surface area contributed by atoms with Crippen LogP contribution in [-0.2, 0) is 10.0 Å². The second kappa shape index (κ2) is 6.30. The lowest BCUT2D eigenvalue weighted by molar-refractivity contribution is 0.216. The molecule has 1 atom stereocenters. The van der Waals surface area contributed by atoms with E-state index in [1.54, 1.807) is 4.31 Å². The van der Waals surface area contributed by atoms with Crippen LogP contribution < -0.4 is 5.32 Å². The van der Waals surface area contributed by atoms with E-state index in [0.717, 1.165) is 64.4 Å². The van der Waals surface area contributed by atoms with Crippen molar-refractivity contribution in [3.8, 4) is 0 Å². The van der Waals surface area contributed by atoms with Gasteiger partial charge in [-0.3, -0.25) is 0 Å². The topological polar surface area (TPSA) is 52.7 Å². The number of hydrogen-bond donors (Lipinski definition) is 1. The van der Waals surface area contributed by atoms with E-state index < -0.39 is 10.0 Å². The van der Waals surface area contributed by atoms with Crippen LogP contribution in [0.4, 0.5) is 0 Å². The van der Waals surface area contributed by atoms with Gasteiger partial charge in [0, 0.05) is 26.2 Å². The molecule has 20 heavy (non-hydrogen) atoms. The Bertz CT molecular complexity index is 416. The van der Waals surface area contributed by atoms with Crippen LogP contribution >= 0.6 is 0 Å². The van der Waals surface area contributed by atoms with E-state index in [1.165, 1.54) is 12.8 Å². The second-order valence-electron chi connectivity index (χ2n) is 6.51. The summed E-state index contributed by atoms with van der Waals surface area (Å²) < 4.78 is 26.3. The smallest absolute Gasteiger partial charge is 0.217 e. The van der Waals surface area contributed by atoms with Gasteiger partial charge in [-0.1, -0.05) is 0 Å². The minimum Gasteiger partial charge on any atom is -0.316 e. The lowest BCUT2D eigenvalue weighted by Gasteiger charge is -2.29. The molecule has 2 saturated heterocycles. The van der Waals surface area contributed by atoms with E-state index >= 15 is 0 Å². The largest absolute Gasteiger partial charge is 0.316 e. The number of piperidine rings is 1. The first-order valence-corrected chi connectivity index (χ1v) is 9.58. The van der Waals surface area contributed by atoms with Crippen molar-refractivity contribution in [1.29, 1.82) is 0 Å². The van der Waals surface area contributed by atoms with Crippen molar-refractivity contribution < 1.29 is 8.42 Å². The normalized spacial score (nSPS) is 31.1. The maximum absolute atomic E-state index is 12.3. The van der Waals surface area contributed by atoms with Crippen LogP contribution in [0.25, 0.3) is 0 Å². The summed E-state index contributed by atoms with van der Waals surface area (Å²) in [4.78, 5) is 2.47. The van der Waals surface area contributed by atoms with Gasteiger partial charge in [-0.2, -0.15) is 0 Å². The third-order valence-electron chi connectivity index (χ3n) is 4.77. The molecule has 3 rings (SSSR count). The van der Waals surface area contributed by atoms with Gasteiger partial charge in [-0.15, -0.1) is 0 Å². The van der Waals surface area contributed by atoms with E-state index in [9.17, 15) is 8.42 Å². The minimum atomic E-state index is -2.97. The first-order chi connectivity index (χ1) is 9.66. The van der Waals surface area contributed by atoms with Crippen molar-refractivity contribution in [1.82, 2.24) is 14.5 Å². The van der Waals surface area contributed by atoms with E-state index in [4.69, 9.17) is 0 Å². The van der Waals surface area contributed by atoms with E-state index in [0.29, 0.717) is 6.54 Å². The van der Waals surface area contributed by atoms with Crippen LogP contribution in [0.3, 0.4) is 0 Å². The van der Waals surface area contributed by atoms with Gasteiger partial charge in [0.25, 0.3) is 0 Å². The molecule has 2 aliphatic heterocycles. The zero-order valence-electron chi connectivity index (χ0n) is 12.3. The Hall–Kier alpha value is -0.170. The summed E-state index contributed by atoms with van der Waals surface area (Å²) in [5, 5.41) is 3.40. The quantitative estimate of drug-likeness (QED) is 0.821. The average Bonchev–Trinajstić information content (AvgIpc) is 3.27. The molecule has 0 radical (unpaired) electrons. The molecule has 2 heterocycles. The van der Waals surface area contributed by atoms with Crippen molar-refractivity contribution in [2.24, 2.45) is 5.92 Å². The SMILES string of the molecule is O=S(=O)(C1CC1)N1CCCN(CC2CCCNC2)CC1. The summed E-state index contributed by atoms with van der Waals surface area (Å²) in [6.45, 7) is 6.78. The van der Waals surface area contributed by atoms with Gasteiger partial charge in [0.2, 0.25) is 10.0 Å². The molecule has 0 aromatic heterocycles. The van der Waals surface area contributed by atoms with Crippen LogP contribution in [0, 0.1) is 5.92 Å². The van der Waals surface area contributed by atoms with Crippen LogP contribution in [0.5, 0.6) is 0 Å². The van der Waals surface area contributed by atoms with Crippen molar-refractivity contribution in [2.75, 3.05) is 45.8 Å². The second-order valence-corrected chi connectivity index (χ2v) is 8.72. The van der Waals surface area contributed by atoms with Crippen molar-refractivity contribution in [3.63, 3.8) is 0 Å². The number of sulfonamides is 1. The molecule has 3 aliphatic rings. The highest BCUT2D eigenvalue weighted by molar-refractivity contribution is 7.90. The van der Waals surface area contributed by atoms with Gasteiger partial charge in [0.1, 0.15) is 0 Å². The minimum absolute atomic E-state index is 0.0587. The fourth-order valence-corrected chi connectivity index (χ4v) is 5.28. The predicted octanol–water partition coefficient (Wildman–Crippen LogP) is 0.486. The molecule has 5 nitrogen and oxygen atoms in total. The monoisotopic (exact) mass is 301 g/mol. The van der Waals surface area contributed by atoms with Gasteiger partial charge < -0.3 is 10.2 Å². The van der Waals surface area contributed by atoms with Crippen LogP contribution in [-0.4, -0.2) is 68.7 Å². The molecule has 0 bridgehead atoms. The van der Waals surface area contributed by atoms with Gasteiger partial charge in [0.05, 0.1) is 5.25 Å². The van der Waals surface area contributed by atoms with Crippen molar-refractivity contribution >= 4 is 10.0 Å². The first-order valence-electron chi connectivity index (χ1n) is 8.08. The summed E-state index contributed by atoms with van der Waals surface area (Å²) >= 11 is 0. The Morgan fingerprint density at radius 3 is 2.55 bits per heavy atom. The van der Waals surface area contributed by atoms with Gasteiger partial charge >= 0.3 is 0 Å². The molecule has 0 amide bonds. The number of nitrogens with zero attached hydrogens (tertiary/aromatic N) is 2. The lowest BCUT2D eigenvalue weighted by atomic mass is 9.99. The van der Waals surface area contributed by atoms with E-state index in [1.807, 2.05) is 0 Å². The Morgan fingerprint density at radius 2 is 1.85 bits per heavy atom. The zero-order valence-corrected chi connectivity index (χ0v) is 13.1. The molecule has 1 aliphatic carbocycles. The molecular weight excluding hydrogens is 274 g/mol. The van der Waals surface area contributed by atoms with Crippen molar-refractivity contribution in [3.05, 3.63) is 0 Å². The Labute approximate surface area is 122 Å². The predicted molar refractivity (Wildman–Crippen MR) is 80.2 cm³/mol. The fraction of sp³-hybridized carbons (Fsp3) is 1.00. The number of hydrogen-bond acceptors (Lipinski definition) is 4. The molecular formula is C14H27N3O2S. The Balaban J connectivity index is 1.51. The molecule has 1 saturated carbocycles. The highest BCUT2D eigenvalue weighted by Gasteiger charge is 2.40. The standard InChI is InChI=1S/C14H27N3O2S/c18-20(19,14-4-5-14)17-8-2-7-16(9-10-17)12-13-3-1-6-15-11-13/h13-15H,1-12H2. The molecule has 0 aromatic rings. The first kappa shape index (κ1) is 14.8. The zero-order chi connectivity index (χ0) is 14.0. The molecule has 3 fully saturated rings. The van der Waals surface area contributed by atoms with E-state index in [-0.39, 0.29) is 5.25 Å². The molecule has 6 heteroatoms. The molecule has 1 unspecified atom stereocenters. The van der Waals surface area contributed by atoms with Crippen LogP contribution in [0.15, 0.2) is 0 Å². The molecule has 0 spiro atoms. The average molecular weight is 301 g/mol. The van der Waals surface area contributed by atoms with Gasteiger partial charge in [-0.05, 0) is 57.7 Å². The van der Waals surface area contributed by atoms with E-state index in [2.05, 4.69) is 10.2 Å². The van der Waals surface area contributed by atoms with Gasteiger partial charge in [0.15, 0.2) is 0 Å². The molecule has 1 N–H and O–H groups in total. The van der Waals surface area contributed by atoms with Crippen molar-refractivity contribution in [2.45, 2.75) is 37.4 Å². The maximum atomic E-state index is 12.3. The fourth-order valence-electron chi connectivity index (χ4n) is 3.41. The Morgan fingerprint density at radius 1 is 1.00 bits per heavy atom. The summed E-state index contributed by atoms with van der Waals surface area (Å²) in [7, 11) is -2.97. The number of nitrogens with one attached hydrogen (secondary N) is 1. The highest BCUT2D eigenvalue weighted by Crippen LogP contribution is 2.31. The summed E-state index contributed by atoms with van der Waals surface area (Å²) in [6.07, 6.45) is 5.31. The summed E-state index contributed by atoms with van der Waals surface area (Å²) in [5.74, 6) is 0.746. The summed E-state index contributed by atoms with van der Waals surface area (Å²) in [6, 6.07) is 0.